The lowest BCUT2D eigenvalue weighted by molar-refractivity contribution is -0.493. The van der Waals surface area contributed by atoms with E-state index in [9.17, 15) is 0 Å². The molecule has 1 aliphatic heterocycles. The van der Waals surface area contributed by atoms with Crippen molar-refractivity contribution < 1.29 is 5.73 Å². The standard InChI is InChI=1S/C10H16N2/c1-12-4-8-6-2-9(3-7(6)9)10(8,11)5-12/h6-8H,2-5,11H2,1H3/p+1. The van der Waals surface area contributed by atoms with E-state index in [-0.39, 0.29) is 0 Å². The van der Waals surface area contributed by atoms with Gasteiger partial charge in [0.1, 0.15) is 5.54 Å². The van der Waals surface area contributed by atoms with Gasteiger partial charge in [-0.3, -0.25) is 4.90 Å². The Bertz CT molecular complexity index is 277. The van der Waals surface area contributed by atoms with Crippen LogP contribution in [-0.4, -0.2) is 30.6 Å². The van der Waals surface area contributed by atoms with Crippen LogP contribution in [0.2, 0.25) is 0 Å². The molecule has 3 saturated carbocycles. The zero-order valence-electron chi connectivity index (χ0n) is 7.71. The third-order valence-corrected chi connectivity index (χ3v) is 5.53. The molecule has 12 heavy (non-hydrogen) atoms. The number of hydrogen-bond acceptors (Lipinski definition) is 1. The molecule has 2 heteroatoms. The lowest BCUT2D eigenvalue weighted by Crippen LogP contribution is -2.78. The van der Waals surface area contributed by atoms with Crippen molar-refractivity contribution >= 4 is 0 Å². The zero-order chi connectivity index (χ0) is 8.14. The maximum absolute atomic E-state index is 4.58. The molecule has 0 aromatic carbocycles. The van der Waals surface area contributed by atoms with Crippen LogP contribution in [0.1, 0.15) is 12.8 Å². The quantitative estimate of drug-likeness (QED) is 0.519. The Labute approximate surface area is 73.1 Å². The van der Waals surface area contributed by atoms with Crippen LogP contribution in [0.4, 0.5) is 0 Å². The lowest BCUT2D eigenvalue weighted by atomic mass is 9.79. The summed E-state index contributed by atoms with van der Waals surface area (Å²) in [6, 6.07) is 0. The van der Waals surface area contributed by atoms with Crippen molar-refractivity contribution in [3.8, 4) is 0 Å². The minimum Gasteiger partial charge on any atom is -0.351 e. The van der Waals surface area contributed by atoms with Crippen molar-refractivity contribution in [2.24, 2.45) is 23.2 Å². The molecule has 1 heterocycles. The lowest BCUT2D eigenvalue weighted by Gasteiger charge is -2.29. The molecule has 0 amide bonds. The average molecular weight is 165 g/mol. The van der Waals surface area contributed by atoms with E-state index in [1.165, 1.54) is 19.5 Å². The fourth-order valence-electron chi connectivity index (χ4n) is 4.98. The number of likely N-dealkylation sites (tertiary alicyclic amines) is 1. The molecular formula is C10H17N2+. The Kier molecular flexibility index (Phi) is 0.734. The Morgan fingerprint density at radius 1 is 1.33 bits per heavy atom. The second-order valence-corrected chi connectivity index (χ2v) is 5.79. The van der Waals surface area contributed by atoms with Crippen molar-refractivity contribution in [2.45, 2.75) is 18.4 Å². The Balaban J connectivity index is 1.85. The second-order valence-electron chi connectivity index (χ2n) is 5.79. The molecule has 2 nitrogen and oxygen atoms in total. The van der Waals surface area contributed by atoms with Crippen LogP contribution in [0.15, 0.2) is 0 Å². The van der Waals surface area contributed by atoms with Gasteiger partial charge in [0.15, 0.2) is 0 Å². The van der Waals surface area contributed by atoms with Crippen LogP contribution in [0, 0.1) is 23.2 Å². The number of hydrogen-bond donors (Lipinski definition) is 1. The van der Waals surface area contributed by atoms with E-state index in [2.05, 4.69) is 17.7 Å². The van der Waals surface area contributed by atoms with E-state index in [1.807, 2.05) is 0 Å². The third-order valence-electron chi connectivity index (χ3n) is 5.53. The molecule has 1 saturated heterocycles. The molecule has 3 N–H and O–H groups in total. The monoisotopic (exact) mass is 165 g/mol. The molecule has 0 radical (unpaired) electrons. The fraction of sp³-hybridized carbons (Fsp3) is 1.00. The second kappa shape index (κ2) is 1.38. The van der Waals surface area contributed by atoms with Crippen molar-refractivity contribution in [3.63, 3.8) is 0 Å². The van der Waals surface area contributed by atoms with Crippen LogP contribution in [-0.2, 0) is 0 Å². The molecule has 5 atom stereocenters. The van der Waals surface area contributed by atoms with Gasteiger partial charge in [-0.2, -0.15) is 0 Å². The smallest absolute Gasteiger partial charge is 0.118 e. The molecule has 4 aliphatic rings. The molecule has 0 aromatic rings. The average Bonchev–Trinajstić information content (AvgIpc) is 2.20. The summed E-state index contributed by atoms with van der Waals surface area (Å²) in [5.74, 6) is 3.20. The van der Waals surface area contributed by atoms with E-state index in [0.29, 0.717) is 5.54 Å². The predicted octanol–water partition coefficient (Wildman–Crippen LogP) is -0.431. The summed E-state index contributed by atoms with van der Waals surface area (Å²) in [6.07, 6.45) is 3.07. The minimum absolute atomic E-state index is 0.497. The van der Waals surface area contributed by atoms with E-state index >= 15 is 0 Å². The van der Waals surface area contributed by atoms with Crippen LogP contribution < -0.4 is 5.73 Å². The normalized spacial score (nSPS) is 72.0. The molecule has 66 valence electrons. The number of likely N-dealkylation sites (N-methyl/N-ethyl adjacent to an activating group) is 1. The van der Waals surface area contributed by atoms with Crippen molar-refractivity contribution in [1.82, 2.24) is 4.90 Å². The summed E-state index contributed by atoms with van der Waals surface area (Å²) in [7, 11) is 2.26. The minimum atomic E-state index is 0.497. The van der Waals surface area contributed by atoms with Crippen molar-refractivity contribution in [3.05, 3.63) is 0 Å². The molecule has 4 rings (SSSR count). The highest BCUT2D eigenvalue weighted by atomic mass is 15.2. The van der Waals surface area contributed by atoms with Gasteiger partial charge in [-0.25, -0.2) is 0 Å². The number of nitrogens with zero attached hydrogens (tertiary/aromatic N) is 1. The molecule has 5 unspecified atom stereocenters. The summed E-state index contributed by atoms with van der Waals surface area (Å²) in [5, 5.41) is 0. The molecule has 4 fully saturated rings. The van der Waals surface area contributed by atoms with Gasteiger partial charge >= 0.3 is 0 Å². The van der Waals surface area contributed by atoms with Gasteiger partial charge < -0.3 is 5.73 Å². The maximum atomic E-state index is 4.58. The summed E-state index contributed by atoms with van der Waals surface area (Å²) < 4.78 is 0. The zero-order valence-corrected chi connectivity index (χ0v) is 7.71. The highest BCUT2D eigenvalue weighted by Crippen LogP contribution is 2.84. The third kappa shape index (κ3) is 0.374. The first kappa shape index (κ1) is 6.39. The van der Waals surface area contributed by atoms with Gasteiger partial charge in [0.25, 0.3) is 0 Å². The summed E-state index contributed by atoms with van der Waals surface area (Å²) in [6.45, 7) is 2.62. The maximum Gasteiger partial charge on any atom is 0.118 e. The van der Waals surface area contributed by atoms with Crippen LogP contribution >= 0.6 is 0 Å². The highest BCUT2D eigenvalue weighted by Gasteiger charge is 2.88. The highest BCUT2D eigenvalue weighted by molar-refractivity contribution is 5.35. The Morgan fingerprint density at radius 3 is 2.83 bits per heavy atom. The Hall–Kier alpha value is -0.0800. The van der Waals surface area contributed by atoms with Crippen molar-refractivity contribution in [1.29, 1.82) is 0 Å². The molecule has 0 aromatic heterocycles. The van der Waals surface area contributed by atoms with Crippen LogP contribution in [0.3, 0.4) is 0 Å². The Morgan fingerprint density at radius 2 is 2.17 bits per heavy atom. The van der Waals surface area contributed by atoms with Gasteiger partial charge in [-0.15, -0.1) is 0 Å². The van der Waals surface area contributed by atoms with Gasteiger partial charge in [0.05, 0.1) is 6.54 Å². The van der Waals surface area contributed by atoms with Gasteiger partial charge in [-0.05, 0) is 31.7 Å². The van der Waals surface area contributed by atoms with E-state index in [4.69, 9.17) is 0 Å². The predicted molar refractivity (Wildman–Crippen MR) is 45.3 cm³/mol. The van der Waals surface area contributed by atoms with E-state index in [0.717, 1.165) is 23.2 Å². The fourth-order valence-corrected chi connectivity index (χ4v) is 4.98. The first-order chi connectivity index (χ1) is 5.67. The summed E-state index contributed by atoms with van der Waals surface area (Å²) in [4.78, 5) is 2.50. The first-order valence-electron chi connectivity index (χ1n) is 5.21. The van der Waals surface area contributed by atoms with Crippen molar-refractivity contribution in [2.75, 3.05) is 20.1 Å². The SMILES string of the molecule is CN1CC2C3CC4(CC34)C2([NH3+])C1. The summed E-state index contributed by atoms with van der Waals surface area (Å²) >= 11 is 0. The van der Waals surface area contributed by atoms with Crippen LogP contribution in [0.5, 0.6) is 0 Å². The first-order valence-corrected chi connectivity index (χ1v) is 5.21. The number of fused-ring (bicyclic) bond motifs is 2. The van der Waals surface area contributed by atoms with Gasteiger partial charge in [-0.1, -0.05) is 0 Å². The van der Waals surface area contributed by atoms with Crippen LogP contribution in [0.25, 0.3) is 0 Å². The largest absolute Gasteiger partial charge is 0.351 e. The van der Waals surface area contributed by atoms with E-state index in [1.54, 1.807) is 6.42 Å². The molecule has 3 aliphatic carbocycles. The van der Waals surface area contributed by atoms with Gasteiger partial charge in [0.2, 0.25) is 0 Å². The number of quaternary nitrogens is 1. The van der Waals surface area contributed by atoms with Gasteiger partial charge in [0, 0.05) is 17.9 Å². The molecule has 0 spiro atoms. The van der Waals surface area contributed by atoms with E-state index < -0.39 is 0 Å². The molecular weight excluding hydrogens is 148 g/mol. The number of rotatable bonds is 0. The topological polar surface area (TPSA) is 30.9 Å². The summed E-state index contributed by atoms with van der Waals surface area (Å²) in [5.41, 5.74) is 5.84. The molecule has 2 bridgehead atoms.